The number of rotatable bonds is 3. The summed E-state index contributed by atoms with van der Waals surface area (Å²) in [4.78, 5) is 2.24. The first-order valence-corrected chi connectivity index (χ1v) is 4.89. The molecule has 1 nitrogen and oxygen atoms in total. The number of nitrogens with zero attached hydrogens (tertiary/aromatic N) is 1. The largest absolute Gasteiger partial charge is 0.278 e. The smallest absolute Gasteiger partial charge is 0.0610 e. The Bertz CT molecular complexity index is 214. The van der Waals surface area contributed by atoms with Crippen molar-refractivity contribution in [1.82, 2.24) is 4.90 Å². The van der Waals surface area contributed by atoms with Gasteiger partial charge >= 0.3 is 0 Å². The highest BCUT2D eigenvalue weighted by atomic mass is 15.1. The summed E-state index contributed by atoms with van der Waals surface area (Å²) >= 11 is 0. The van der Waals surface area contributed by atoms with Gasteiger partial charge in [-0.25, -0.2) is 0 Å². The normalized spacial score (nSPS) is 27.1. The van der Waals surface area contributed by atoms with Crippen molar-refractivity contribution < 1.29 is 0 Å². The van der Waals surface area contributed by atoms with Gasteiger partial charge in [-0.1, -0.05) is 18.8 Å². The Morgan fingerprint density at radius 3 is 2.23 bits per heavy atom. The molecule has 1 rings (SSSR count). The van der Waals surface area contributed by atoms with Crippen LogP contribution < -0.4 is 0 Å². The Kier molecular flexibility index (Phi) is 3.87. The molecule has 0 bridgehead atoms. The van der Waals surface area contributed by atoms with Gasteiger partial charge in [-0.2, -0.15) is 0 Å². The van der Waals surface area contributed by atoms with Gasteiger partial charge in [0.05, 0.1) is 13.1 Å². The molecule has 0 aromatic rings. The average Bonchev–Trinajstić information content (AvgIpc) is 2.51. The van der Waals surface area contributed by atoms with E-state index in [1.165, 1.54) is 19.3 Å². The van der Waals surface area contributed by atoms with Crippen LogP contribution in [0.3, 0.4) is 0 Å². The standard InChI is InChI=1S/C12H17N/c1-4-8-13(9-5-2)12-7-6-11(3)10-12/h1-2,11-12H,6-10H2,3H3. The monoisotopic (exact) mass is 175 g/mol. The second-order valence-corrected chi connectivity index (χ2v) is 3.89. The molecule has 1 aliphatic carbocycles. The maximum Gasteiger partial charge on any atom is 0.0610 e. The van der Waals surface area contributed by atoms with Crippen molar-refractivity contribution in [2.45, 2.75) is 32.2 Å². The highest BCUT2D eigenvalue weighted by Crippen LogP contribution is 2.28. The minimum absolute atomic E-state index is 0.627. The van der Waals surface area contributed by atoms with Crippen LogP contribution in [0, 0.1) is 30.6 Å². The zero-order valence-corrected chi connectivity index (χ0v) is 8.29. The molecule has 1 heteroatoms. The summed E-state index contributed by atoms with van der Waals surface area (Å²) in [6.45, 7) is 3.69. The van der Waals surface area contributed by atoms with Gasteiger partial charge in [0.2, 0.25) is 0 Å². The molecule has 1 saturated carbocycles. The number of hydrogen-bond donors (Lipinski definition) is 0. The Morgan fingerprint density at radius 1 is 1.23 bits per heavy atom. The SMILES string of the molecule is C#CCN(CC#C)C1CCC(C)C1. The highest BCUT2D eigenvalue weighted by Gasteiger charge is 2.25. The third-order valence-electron chi connectivity index (χ3n) is 2.77. The molecule has 70 valence electrons. The Labute approximate surface area is 81.5 Å². The lowest BCUT2D eigenvalue weighted by Crippen LogP contribution is -2.34. The van der Waals surface area contributed by atoms with E-state index in [9.17, 15) is 0 Å². The maximum absolute atomic E-state index is 5.30. The Hall–Kier alpha value is -0.920. The second-order valence-electron chi connectivity index (χ2n) is 3.89. The van der Waals surface area contributed by atoms with Gasteiger partial charge in [-0.3, -0.25) is 4.90 Å². The fraction of sp³-hybridized carbons (Fsp3) is 0.667. The highest BCUT2D eigenvalue weighted by molar-refractivity contribution is 4.98. The molecule has 0 N–H and O–H groups in total. The van der Waals surface area contributed by atoms with Crippen LogP contribution in [0.15, 0.2) is 0 Å². The molecule has 0 aromatic heterocycles. The zero-order valence-electron chi connectivity index (χ0n) is 8.29. The number of terminal acetylenes is 2. The van der Waals surface area contributed by atoms with Crippen molar-refractivity contribution in [3.8, 4) is 24.7 Å². The van der Waals surface area contributed by atoms with Crippen molar-refractivity contribution in [3.05, 3.63) is 0 Å². The van der Waals surface area contributed by atoms with Crippen molar-refractivity contribution >= 4 is 0 Å². The first-order valence-electron chi connectivity index (χ1n) is 4.89. The lowest BCUT2D eigenvalue weighted by molar-refractivity contribution is 0.247. The van der Waals surface area contributed by atoms with Crippen LogP contribution in [0.1, 0.15) is 26.2 Å². The van der Waals surface area contributed by atoms with E-state index in [0.717, 1.165) is 5.92 Å². The van der Waals surface area contributed by atoms with Gasteiger partial charge < -0.3 is 0 Å². The van der Waals surface area contributed by atoms with Crippen LogP contribution in [0.2, 0.25) is 0 Å². The average molecular weight is 175 g/mol. The molecule has 0 saturated heterocycles. The maximum atomic E-state index is 5.30. The van der Waals surface area contributed by atoms with E-state index in [4.69, 9.17) is 12.8 Å². The summed E-state index contributed by atoms with van der Waals surface area (Å²) in [6.07, 6.45) is 14.4. The minimum atomic E-state index is 0.627. The first kappa shape index (κ1) is 10.2. The van der Waals surface area contributed by atoms with Crippen LogP contribution in [-0.2, 0) is 0 Å². The predicted molar refractivity (Wildman–Crippen MR) is 56.0 cm³/mol. The van der Waals surface area contributed by atoms with Gasteiger partial charge in [0.1, 0.15) is 0 Å². The van der Waals surface area contributed by atoms with Gasteiger partial charge in [-0.15, -0.1) is 12.8 Å². The molecule has 0 amide bonds. The molecule has 1 fully saturated rings. The zero-order chi connectivity index (χ0) is 9.68. The van der Waals surface area contributed by atoms with E-state index in [2.05, 4.69) is 23.7 Å². The third kappa shape index (κ3) is 2.79. The summed E-state index contributed by atoms with van der Waals surface area (Å²) < 4.78 is 0. The molecule has 1 aliphatic rings. The van der Waals surface area contributed by atoms with Crippen LogP contribution in [0.25, 0.3) is 0 Å². The van der Waals surface area contributed by atoms with E-state index < -0.39 is 0 Å². The van der Waals surface area contributed by atoms with Gasteiger partial charge in [0.15, 0.2) is 0 Å². The quantitative estimate of drug-likeness (QED) is 0.591. The molecule has 0 radical (unpaired) electrons. The fourth-order valence-corrected chi connectivity index (χ4v) is 2.06. The molecule has 2 unspecified atom stereocenters. The summed E-state index contributed by atoms with van der Waals surface area (Å²) in [7, 11) is 0. The fourth-order valence-electron chi connectivity index (χ4n) is 2.06. The molecular weight excluding hydrogens is 158 g/mol. The topological polar surface area (TPSA) is 3.24 Å². The summed E-state index contributed by atoms with van der Waals surface area (Å²) in [5.41, 5.74) is 0. The number of hydrogen-bond acceptors (Lipinski definition) is 1. The van der Waals surface area contributed by atoms with E-state index in [0.29, 0.717) is 19.1 Å². The molecule has 13 heavy (non-hydrogen) atoms. The molecule has 2 atom stereocenters. The summed E-state index contributed by atoms with van der Waals surface area (Å²) in [5.74, 6) is 6.19. The van der Waals surface area contributed by atoms with Crippen LogP contribution in [-0.4, -0.2) is 24.0 Å². The van der Waals surface area contributed by atoms with E-state index >= 15 is 0 Å². The van der Waals surface area contributed by atoms with Crippen LogP contribution >= 0.6 is 0 Å². The van der Waals surface area contributed by atoms with Gasteiger partial charge in [0.25, 0.3) is 0 Å². The van der Waals surface area contributed by atoms with Gasteiger partial charge in [-0.05, 0) is 25.2 Å². The van der Waals surface area contributed by atoms with Gasteiger partial charge in [0, 0.05) is 6.04 Å². The predicted octanol–water partition coefficient (Wildman–Crippen LogP) is 1.74. The lowest BCUT2D eigenvalue weighted by Gasteiger charge is -2.24. The van der Waals surface area contributed by atoms with E-state index in [1.54, 1.807) is 0 Å². The van der Waals surface area contributed by atoms with E-state index in [-0.39, 0.29) is 0 Å². The summed E-state index contributed by atoms with van der Waals surface area (Å²) in [5, 5.41) is 0. The lowest BCUT2D eigenvalue weighted by atomic mass is 10.1. The Balaban J connectivity index is 2.46. The molecule has 0 heterocycles. The molecule has 0 spiro atoms. The van der Waals surface area contributed by atoms with Crippen molar-refractivity contribution in [2.24, 2.45) is 5.92 Å². The third-order valence-corrected chi connectivity index (χ3v) is 2.77. The van der Waals surface area contributed by atoms with Crippen molar-refractivity contribution in [3.63, 3.8) is 0 Å². The summed E-state index contributed by atoms with van der Waals surface area (Å²) in [6, 6.07) is 0.627. The molecule has 0 aromatic carbocycles. The van der Waals surface area contributed by atoms with Crippen molar-refractivity contribution in [2.75, 3.05) is 13.1 Å². The second kappa shape index (κ2) is 4.95. The van der Waals surface area contributed by atoms with Crippen LogP contribution in [0.5, 0.6) is 0 Å². The Morgan fingerprint density at radius 2 is 1.85 bits per heavy atom. The molecular formula is C12H17N. The minimum Gasteiger partial charge on any atom is -0.278 e. The molecule has 0 aliphatic heterocycles. The van der Waals surface area contributed by atoms with Crippen LogP contribution in [0.4, 0.5) is 0 Å². The van der Waals surface area contributed by atoms with E-state index in [1.807, 2.05) is 0 Å². The van der Waals surface area contributed by atoms with Crippen molar-refractivity contribution in [1.29, 1.82) is 0 Å². The first-order chi connectivity index (χ1) is 6.27.